The fourth-order valence-corrected chi connectivity index (χ4v) is 0. The standard InChI is InChI=1S/B.H3N.H2O.P/h;1H3;1H2;/q+3;;;+3. The van der Waals surface area contributed by atoms with Gasteiger partial charge in [0.25, 0.3) is 0 Å². The summed E-state index contributed by atoms with van der Waals surface area (Å²) in [7, 11) is 0. The summed E-state index contributed by atoms with van der Waals surface area (Å²) in [4.78, 5) is 0. The van der Waals surface area contributed by atoms with Crippen LogP contribution in [0.2, 0.25) is 0 Å². The predicted octanol–water partition coefficient (Wildman–Crippen LogP) is -0.182. The molecule has 0 aliphatic heterocycles. The van der Waals surface area contributed by atoms with Crippen molar-refractivity contribution in [1.82, 2.24) is 6.15 Å². The molecule has 0 aliphatic carbocycles. The molecule has 2 radical (unpaired) electrons. The predicted molar refractivity (Wildman–Crippen MR) is 21.3 cm³/mol. The van der Waals surface area contributed by atoms with Gasteiger partial charge in [-0.15, -0.1) is 0 Å². The van der Waals surface area contributed by atoms with Crippen molar-refractivity contribution >= 4 is 18.3 Å². The van der Waals surface area contributed by atoms with E-state index in [1.54, 1.807) is 0 Å². The molecule has 0 saturated heterocycles. The molecule has 4 heteroatoms. The zero-order valence-corrected chi connectivity index (χ0v) is 3.13. The van der Waals surface area contributed by atoms with E-state index in [1.807, 2.05) is 0 Å². The van der Waals surface area contributed by atoms with E-state index in [4.69, 9.17) is 0 Å². The van der Waals surface area contributed by atoms with E-state index in [0.717, 1.165) is 0 Å². The van der Waals surface area contributed by atoms with Crippen LogP contribution in [0.3, 0.4) is 0 Å². The average molecular weight is 76.8 g/mol. The van der Waals surface area contributed by atoms with Gasteiger partial charge in [-0.05, 0) is 0 Å². The Balaban J connectivity index is 0. The Bertz CT molecular complexity index is 8.00. The largest absolute Gasteiger partial charge is 3.00 e. The summed E-state index contributed by atoms with van der Waals surface area (Å²) >= 11 is 0. The molecule has 0 aromatic heterocycles. The number of hydrogen-bond acceptors (Lipinski definition) is 1. The third-order valence-corrected chi connectivity index (χ3v) is 0. The normalized spacial score (nSPS) is 0. The molecule has 0 rings (SSSR count). The van der Waals surface area contributed by atoms with Crippen LogP contribution >= 0.6 is 9.90 Å². The topological polar surface area (TPSA) is 66.5 Å². The second-order valence-electron chi connectivity index (χ2n) is 0. The monoisotopic (exact) mass is 77.0 g/mol. The maximum Gasteiger partial charge on any atom is 3.00 e. The van der Waals surface area contributed by atoms with E-state index in [9.17, 15) is 0 Å². The third-order valence-electron chi connectivity index (χ3n) is 0. The second kappa shape index (κ2) is 116. The summed E-state index contributed by atoms with van der Waals surface area (Å²) in [6, 6.07) is 0. The molecule has 0 aromatic rings. The molecule has 0 amide bonds. The molecular weight excluding hydrogens is 71.8 g/mol. The molecule has 0 heterocycles. The molecule has 0 unspecified atom stereocenters. The zero-order valence-electron chi connectivity index (χ0n) is 2.23. The van der Waals surface area contributed by atoms with Crippen LogP contribution in [-0.4, -0.2) is 13.9 Å². The molecule has 4 heavy (non-hydrogen) atoms. The minimum Gasteiger partial charge on any atom is -0.412 e. The van der Waals surface area contributed by atoms with Crippen LogP contribution < -0.4 is 6.15 Å². The smallest absolute Gasteiger partial charge is 0.412 e. The minimum absolute atomic E-state index is 0. The molecule has 0 aromatic carbocycles. The van der Waals surface area contributed by atoms with Gasteiger partial charge in [0.2, 0.25) is 0 Å². The van der Waals surface area contributed by atoms with Crippen molar-refractivity contribution in [3.8, 4) is 0 Å². The maximum atomic E-state index is 0. The first-order valence-electron chi connectivity index (χ1n) is 0. The molecule has 0 fully saturated rings. The minimum atomic E-state index is 0. The molecule has 0 spiro atoms. The summed E-state index contributed by atoms with van der Waals surface area (Å²) < 4.78 is 0. The number of hydrogen-bond donors (Lipinski definition) is 1. The van der Waals surface area contributed by atoms with Gasteiger partial charge in [-0.1, -0.05) is 0 Å². The van der Waals surface area contributed by atoms with Crippen LogP contribution in [0.4, 0.5) is 0 Å². The van der Waals surface area contributed by atoms with Crippen LogP contribution in [0, 0.1) is 0 Å². The van der Waals surface area contributed by atoms with Crippen molar-refractivity contribution in [2.24, 2.45) is 0 Å². The van der Waals surface area contributed by atoms with Gasteiger partial charge in [-0.2, -0.15) is 0 Å². The fourth-order valence-electron chi connectivity index (χ4n) is 0. The van der Waals surface area contributed by atoms with Gasteiger partial charge in [0.1, 0.15) is 0 Å². The summed E-state index contributed by atoms with van der Waals surface area (Å²) in [5.74, 6) is 0. The first kappa shape index (κ1) is 299. The van der Waals surface area contributed by atoms with E-state index in [0.29, 0.717) is 0 Å². The molecule has 0 saturated carbocycles. The molecule has 0 aliphatic rings. The van der Waals surface area contributed by atoms with E-state index in [-0.39, 0.29) is 29.9 Å². The molecule has 0 atom stereocenters. The second-order valence-corrected chi connectivity index (χ2v) is 0. The summed E-state index contributed by atoms with van der Waals surface area (Å²) in [5, 5.41) is 0. The number of rotatable bonds is 0. The first-order chi connectivity index (χ1) is 0. The van der Waals surface area contributed by atoms with Crippen molar-refractivity contribution < 1.29 is 5.48 Å². The van der Waals surface area contributed by atoms with E-state index in [2.05, 4.69) is 0 Å². The van der Waals surface area contributed by atoms with Crippen LogP contribution in [0.5, 0.6) is 0 Å². The molecule has 18 valence electrons. The van der Waals surface area contributed by atoms with Crippen LogP contribution in [-0.2, 0) is 0 Å². The van der Waals surface area contributed by atoms with Gasteiger partial charge in [0.05, 0.1) is 0 Å². The molecule has 2 nitrogen and oxygen atoms in total. The van der Waals surface area contributed by atoms with Gasteiger partial charge >= 0.3 is 18.3 Å². The van der Waals surface area contributed by atoms with Crippen molar-refractivity contribution in [2.75, 3.05) is 0 Å². The van der Waals surface area contributed by atoms with Crippen LogP contribution in [0.1, 0.15) is 0 Å². The van der Waals surface area contributed by atoms with Gasteiger partial charge in [0, 0.05) is 0 Å². The third kappa shape index (κ3) is 28.1. The van der Waals surface area contributed by atoms with Crippen molar-refractivity contribution in [1.29, 1.82) is 0 Å². The van der Waals surface area contributed by atoms with Crippen molar-refractivity contribution in [3.63, 3.8) is 0 Å². The maximum absolute atomic E-state index is 0. The average Bonchev–Trinajstić information content (AvgIpc) is 0. The quantitative estimate of drug-likeness (QED) is 0.316. The van der Waals surface area contributed by atoms with Crippen LogP contribution in [0.25, 0.3) is 0 Å². The van der Waals surface area contributed by atoms with E-state index < -0.39 is 0 Å². The Kier molecular flexibility index (Phi) is 8650. The Morgan fingerprint density at radius 3 is 1.00 bits per heavy atom. The molecular formula is H5BNOP+6. The zero-order chi connectivity index (χ0) is 0. The van der Waals surface area contributed by atoms with Gasteiger partial charge in [0.15, 0.2) is 0 Å². The molecule has 5 N–H and O–H groups in total. The Hall–Kier alpha value is 0.415. The molecule has 0 bridgehead atoms. The van der Waals surface area contributed by atoms with Crippen molar-refractivity contribution in [3.05, 3.63) is 0 Å². The Labute approximate surface area is 31.1 Å². The van der Waals surface area contributed by atoms with E-state index >= 15 is 0 Å². The van der Waals surface area contributed by atoms with Gasteiger partial charge in [-0.3, -0.25) is 0 Å². The Morgan fingerprint density at radius 2 is 1.00 bits per heavy atom. The summed E-state index contributed by atoms with van der Waals surface area (Å²) in [6.45, 7) is 0. The fraction of sp³-hybridized carbons (Fsp3) is 0. The van der Waals surface area contributed by atoms with Gasteiger partial charge in [-0.25, -0.2) is 0 Å². The van der Waals surface area contributed by atoms with Crippen LogP contribution in [0.15, 0.2) is 0 Å². The first-order valence-corrected chi connectivity index (χ1v) is 0. The summed E-state index contributed by atoms with van der Waals surface area (Å²) in [5.41, 5.74) is 0. The van der Waals surface area contributed by atoms with E-state index in [1.165, 1.54) is 0 Å². The van der Waals surface area contributed by atoms with Gasteiger partial charge < -0.3 is 11.6 Å². The summed E-state index contributed by atoms with van der Waals surface area (Å²) in [6.07, 6.45) is 0. The SMILES string of the molecule is N.O.[B+3].[P+3]. The van der Waals surface area contributed by atoms with Crippen molar-refractivity contribution in [2.45, 2.75) is 0 Å². The Morgan fingerprint density at radius 1 is 1.00 bits per heavy atom.